The minimum Gasteiger partial charge on any atom is -0.483 e. The Morgan fingerprint density at radius 3 is 2.81 bits per heavy atom. The van der Waals surface area contributed by atoms with Crippen LogP contribution in [0.15, 0.2) is 51.6 Å². The third kappa shape index (κ3) is 6.69. The van der Waals surface area contributed by atoms with Crippen molar-refractivity contribution in [1.29, 1.82) is 0 Å². The Balaban J connectivity index is 1.69. The van der Waals surface area contributed by atoms with Crippen LogP contribution >= 0.6 is 28.1 Å². The number of carbonyl (C=O) groups excluding carboxylic acids is 2. The number of amides is 2. The Hall–Kier alpha value is -2.65. The van der Waals surface area contributed by atoms with Crippen LogP contribution in [-0.4, -0.2) is 23.5 Å². The number of rotatable bonds is 5. The topological polar surface area (TPSA) is 92.6 Å². The second kappa shape index (κ2) is 9.73. The van der Waals surface area contributed by atoms with Gasteiger partial charge in [0.2, 0.25) is 5.91 Å². The van der Waals surface area contributed by atoms with Gasteiger partial charge in [0.15, 0.2) is 11.7 Å². The average Bonchev–Trinajstić information content (AvgIpc) is 3.11. The summed E-state index contributed by atoms with van der Waals surface area (Å²) in [5.74, 6) is 0.157. The van der Waals surface area contributed by atoms with Gasteiger partial charge >= 0.3 is 0 Å². The zero-order valence-electron chi connectivity index (χ0n) is 13.7. The number of furan rings is 1. The van der Waals surface area contributed by atoms with Crippen molar-refractivity contribution >= 4 is 51.2 Å². The molecule has 0 fully saturated rings. The van der Waals surface area contributed by atoms with Crippen LogP contribution in [0.25, 0.3) is 6.08 Å². The molecule has 0 bridgehead atoms. The molecule has 1 aromatic carbocycles. The van der Waals surface area contributed by atoms with Crippen molar-refractivity contribution in [1.82, 2.24) is 16.2 Å². The van der Waals surface area contributed by atoms with Gasteiger partial charge in [-0.15, -0.1) is 0 Å². The maximum atomic E-state index is 11.8. The molecule has 2 aromatic rings. The summed E-state index contributed by atoms with van der Waals surface area (Å²) in [7, 11) is 0. The number of benzene rings is 1. The van der Waals surface area contributed by atoms with Crippen molar-refractivity contribution < 1.29 is 18.7 Å². The first-order chi connectivity index (χ1) is 12.4. The quantitative estimate of drug-likeness (QED) is 0.378. The first-order valence-electron chi connectivity index (χ1n) is 7.44. The highest BCUT2D eigenvalue weighted by Gasteiger charge is 2.07. The molecule has 0 aliphatic carbocycles. The molecule has 26 heavy (non-hydrogen) atoms. The van der Waals surface area contributed by atoms with Gasteiger partial charge in [-0.2, -0.15) is 0 Å². The van der Waals surface area contributed by atoms with Gasteiger partial charge in [0.05, 0.1) is 10.7 Å². The van der Waals surface area contributed by atoms with Crippen LogP contribution in [0.4, 0.5) is 0 Å². The number of aryl methyl sites for hydroxylation is 1. The lowest BCUT2D eigenvalue weighted by Crippen LogP contribution is -2.49. The highest BCUT2D eigenvalue weighted by molar-refractivity contribution is 9.10. The molecule has 2 rings (SSSR count). The molecule has 1 heterocycles. The summed E-state index contributed by atoms with van der Waals surface area (Å²) in [5.41, 5.74) is 5.82. The normalized spacial score (nSPS) is 10.4. The van der Waals surface area contributed by atoms with E-state index in [0.717, 1.165) is 10.0 Å². The summed E-state index contributed by atoms with van der Waals surface area (Å²) in [6.45, 7) is 1.73. The predicted molar refractivity (Wildman–Crippen MR) is 104 cm³/mol. The summed E-state index contributed by atoms with van der Waals surface area (Å²) >= 11 is 8.27. The van der Waals surface area contributed by atoms with Crippen LogP contribution in [-0.2, 0) is 9.59 Å². The fourth-order valence-electron chi connectivity index (χ4n) is 1.76. The first-order valence-corrected chi connectivity index (χ1v) is 8.64. The molecule has 136 valence electrons. The van der Waals surface area contributed by atoms with Gasteiger partial charge in [0.25, 0.3) is 5.91 Å². The molecule has 7 nitrogen and oxygen atoms in total. The summed E-state index contributed by atoms with van der Waals surface area (Å²) in [5, 5.41) is 2.32. The molecule has 0 aliphatic heterocycles. The first kappa shape index (κ1) is 19.7. The number of halogens is 1. The third-order valence-corrected chi connectivity index (χ3v) is 3.76. The van der Waals surface area contributed by atoms with Crippen molar-refractivity contribution in [2.24, 2.45) is 0 Å². The van der Waals surface area contributed by atoms with Gasteiger partial charge in [-0.3, -0.25) is 25.8 Å². The van der Waals surface area contributed by atoms with Crippen molar-refractivity contribution in [3.05, 3.63) is 58.5 Å². The van der Waals surface area contributed by atoms with Gasteiger partial charge in [-0.05, 0) is 71.0 Å². The number of carbonyl (C=O) groups is 2. The van der Waals surface area contributed by atoms with Crippen molar-refractivity contribution in [3.63, 3.8) is 0 Å². The van der Waals surface area contributed by atoms with Gasteiger partial charge < -0.3 is 9.15 Å². The van der Waals surface area contributed by atoms with Gasteiger partial charge in [-0.25, -0.2) is 0 Å². The summed E-state index contributed by atoms with van der Waals surface area (Å²) in [4.78, 5) is 23.4. The van der Waals surface area contributed by atoms with Crippen LogP contribution in [0.1, 0.15) is 11.3 Å². The molecule has 0 aliphatic rings. The maximum absolute atomic E-state index is 11.8. The molecule has 0 atom stereocenters. The molecule has 2 amide bonds. The Morgan fingerprint density at radius 1 is 1.31 bits per heavy atom. The largest absolute Gasteiger partial charge is 0.483 e. The van der Waals surface area contributed by atoms with E-state index in [9.17, 15) is 9.59 Å². The molecule has 0 radical (unpaired) electrons. The molecule has 0 saturated heterocycles. The molecule has 3 N–H and O–H groups in total. The van der Waals surface area contributed by atoms with Gasteiger partial charge in [0.1, 0.15) is 11.5 Å². The van der Waals surface area contributed by atoms with E-state index in [1.807, 2.05) is 19.1 Å². The predicted octanol–water partition coefficient (Wildman–Crippen LogP) is 2.46. The monoisotopic (exact) mass is 437 g/mol. The van der Waals surface area contributed by atoms with Crippen LogP contribution in [0.5, 0.6) is 5.75 Å². The van der Waals surface area contributed by atoms with Crippen LogP contribution < -0.4 is 20.9 Å². The van der Waals surface area contributed by atoms with E-state index in [4.69, 9.17) is 21.4 Å². The van der Waals surface area contributed by atoms with Gasteiger partial charge in [0, 0.05) is 6.08 Å². The Bertz CT molecular complexity index is 821. The number of hydrogen-bond donors (Lipinski definition) is 3. The molecule has 1 aromatic heterocycles. The minimum absolute atomic E-state index is 0.0519. The van der Waals surface area contributed by atoms with Crippen molar-refractivity contribution in [3.8, 4) is 5.75 Å². The molecule has 0 spiro atoms. The van der Waals surface area contributed by atoms with Crippen molar-refractivity contribution in [2.45, 2.75) is 6.92 Å². The second-order valence-corrected chi connectivity index (χ2v) is 6.33. The second-order valence-electron chi connectivity index (χ2n) is 5.06. The lowest BCUT2D eigenvalue weighted by Gasteiger charge is -2.11. The molecule has 0 unspecified atom stereocenters. The Labute approximate surface area is 163 Å². The van der Waals surface area contributed by atoms with Gasteiger partial charge in [-0.1, -0.05) is 6.07 Å². The maximum Gasteiger partial charge on any atom is 0.276 e. The van der Waals surface area contributed by atoms with E-state index in [2.05, 4.69) is 32.1 Å². The number of hydrazine groups is 1. The van der Waals surface area contributed by atoms with E-state index < -0.39 is 11.8 Å². The highest BCUT2D eigenvalue weighted by atomic mass is 79.9. The Morgan fingerprint density at radius 2 is 2.12 bits per heavy atom. The highest BCUT2D eigenvalue weighted by Crippen LogP contribution is 2.25. The number of ether oxygens (including phenoxy) is 1. The minimum atomic E-state index is -0.465. The molecular formula is C17H16BrN3O4S. The fourth-order valence-corrected chi connectivity index (χ4v) is 2.52. The van der Waals surface area contributed by atoms with Crippen LogP contribution in [0, 0.1) is 6.92 Å². The lowest BCUT2D eigenvalue weighted by atomic mass is 10.2. The standard InChI is InChI=1S/C17H16BrN3O4S/c1-11-4-6-14(13(18)9-11)25-10-16(23)20-21-17(26)19-15(22)7-5-12-3-2-8-24-12/h2-9H,10H2,1H3,(H,20,23)(H2,19,21,22,26). The van der Waals surface area contributed by atoms with E-state index in [-0.39, 0.29) is 11.7 Å². The summed E-state index contributed by atoms with van der Waals surface area (Å²) in [6.07, 6.45) is 4.24. The number of nitrogens with one attached hydrogen (secondary N) is 3. The van der Waals surface area contributed by atoms with E-state index in [1.165, 1.54) is 18.4 Å². The smallest absolute Gasteiger partial charge is 0.276 e. The third-order valence-electron chi connectivity index (χ3n) is 2.94. The molecule has 0 saturated carbocycles. The summed E-state index contributed by atoms with van der Waals surface area (Å²) in [6, 6.07) is 8.92. The average molecular weight is 438 g/mol. The number of hydrogen-bond acceptors (Lipinski definition) is 5. The van der Waals surface area contributed by atoms with E-state index in [0.29, 0.717) is 11.5 Å². The zero-order chi connectivity index (χ0) is 18.9. The molecular weight excluding hydrogens is 422 g/mol. The zero-order valence-corrected chi connectivity index (χ0v) is 16.1. The summed E-state index contributed by atoms with van der Waals surface area (Å²) < 4.78 is 11.2. The van der Waals surface area contributed by atoms with E-state index in [1.54, 1.807) is 18.2 Å². The number of thiocarbonyl (C=S) groups is 1. The fraction of sp³-hybridized carbons (Fsp3) is 0.118. The Kier molecular flexibility index (Phi) is 7.37. The van der Waals surface area contributed by atoms with Crippen LogP contribution in [0.3, 0.4) is 0 Å². The SMILES string of the molecule is Cc1ccc(OCC(=O)NNC(=S)NC(=O)C=Cc2ccco2)c(Br)c1. The van der Waals surface area contributed by atoms with E-state index >= 15 is 0 Å². The lowest BCUT2D eigenvalue weighted by molar-refractivity contribution is -0.123. The van der Waals surface area contributed by atoms with Crippen LogP contribution in [0.2, 0.25) is 0 Å². The van der Waals surface area contributed by atoms with Crippen molar-refractivity contribution in [2.75, 3.05) is 6.61 Å². The molecule has 9 heteroatoms.